The lowest BCUT2D eigenvalue weighted by atomic mass is 9.97. The fourth-order valence-corrected chi connectivity index (χ4v) is 6.39. The van der Waals surface area contributed by atoms with Crippen LogP contribution >= 0.6 is 11.6 Å². The molecule has 3 aromatic carbocycles. The topological polar surface area (TPSA) is 84.0 Å². The van der Waals surface area contributed by atoms with Gasteiger partial charge in [-0.15, -0.1) is 0 Å². The van der Waals surface area contributed by atoms with Crippen molar-refractivity contribution in [2.24, 2.45) is 5.92 Å². The second-order valence-corrected chi connectivity index (χ2v) is 11.2. The van der Waals surface area contributed by atoms with E-state index in [4.69, 9.17) is 16.3 Å². The van der Waals surface area contributed by atoms with Crippen molar-refractivity contribution in [3.63, 3.8) is 0 Å². The molecule has 0 bridgehead atoms. The number of anilines is 1. The largest absolute Gasteiger partial charge is 0.466 e. The average Bonchev–Trinajstić information content (AvgIpc) is 3.03. The van der Waals surface area contributed by atoms with Crippen LogP contribution < -0.4 is 4.90 Å². The van der Waals surface area contributed by atoms with Crippen LogP contribution in [0, 0.1) is 5.92 Å². The monoisotopic (exact) mass is 550 g/mol. The standard InChI is InChI=1S/C29H27ClN2O5S/c1-2-37-29(35)21-6-5-15-31(18-21)27(33)20-11-14-26-24(16-20)32(17-19-9-12-22(30)13-10-19)28(34)23-7-3-4-8-25(23)38(26)36/h3-4,7-14,16,21H,2,5-6,15,17-18H2,1H3/t21-,38+/m1/s1. The minimum absolute atomic E-state index is 0.209. The van der Waals surface area contributed by atoms with E-state index in [0.29, 0.717) is 57.6 Å². The Morgan fingerprint density at radius 3 is 2.58 bits per heavy atom. The Hall–Kier alpha value is -3.49. The van der Waals surface area contributed by atoms with Crippen molar-refractivity contribution < 1.29 is 23.3 Å². The molecule has 196 valence electrons. The maximum absolute atomic E-state index is 13.8. The molecule has 0 N–H and O–H groups in total. The predicted octanol–water partition coefficient (Wildman–Crippen LogP) is 5.08. The molecule has 0 unspecified atom stereocenters. The van der Waals surface area contributed by atoms with E-state index in [2.05, 4.69) is 0 Å². The summed E-state index contributed by atoms with van der Waals surface area (Å²) in [5.74, 6) is -1.20. The first-order valence-electron chi connectivity index (χ1n) is 12.5. The zero-order valence-electron chi connectivity index (χ0n) is 20.9. The highest BCUT2D eigenvalue weighted by Gasteiger charge is 2.33. The van der Waals surface area contributed by atoms with Crippen LogP contribution in [0.4, 0.5) is 5.69 Å². The highest BCUT2D eigenvalue weighted by Crippen LogP contribution is 2.36. The average molecular weight is 551 g/mol. The fraction of sp³-hybridized carbons (Fsp3) is 0.276. The molecule has 2 aliphatic rings. The van der Waals surface area contributed by atoms with Gasteiger partial charge in [0.2, 0.25) is 0 Å². The maximum atomic E-state index is 13.8. The SMILES string of the molecule is CCOC(=O)[C@@H]1CCCN(C(=O)c2ccc3c(c2)N(Cc2ccc(Cl)cc2)C(=O)c2ccccc2[S@@]3=O)C1. The third-order valence-electron chi connectivity index (χ3n) is 6.84. The van der Waals surface area contributed by atoms with Gasteiger partial charge >= 0.3 is 5.97 Å². The van der Waals surface area contributed by atoms with Crippen LogP contribution in [0.5, 0.6) is 0 Å². The number of halogens is 1. The number of benzene rings is 3. The molecule has 5 rings (SSSR count). The minimum atomic E-state index is -1.62. The summed E-state index contributed by atoms with van der Waals surface area (Å²) in [4.78, 5) is 43.8. The smallest absolute Gasteiger partial charge is 0.310 e. The zero-order valence-corrected chi connectivity index (χ0v) is 22.5. The number of amides is 2. The summed E-state index contributed by atoms with van der Waals surface area (Å²) in [5.41, 5.74) is 1.98. The summed E-state index contributed by atoms with van der Waals surface area (Å²) in [6.45, 7) is 3.07. The van der Waals surface area contributed by atoms with Crippen LogP contribution in [0.1, 0.15) is 46.0 Å². The first-order chi connectivity index (χ1) is 18.4. The molecular weight excluding hydrogens is 524 g/mol. The van der Waals surface area contributed by atoms with E-state index in [1.165, 1.54) is 0 Å². The lowest BCUT2D eigenvalue weighted by Crippen LogP contribution is -2.43. The molecule has 0 radical (unpaired) electrons. The third-order valence-corrected chi connectivity index (χ3v) is 8.59. The number of piperidine rings is 1. The second kappa shape index (κ2) is 11.1. The molecule has 0 spiro atoms. The number of fused-ring (bicyclic) bond motifs is 2. The van der Waals surface area contributed by atoms with Crippen molar-refractivity contribution in [1.29, 1.82) is 0 Å². The Kier molecular flexibility index (Phi) is 7.63. The highest BCUT2D eigenvalue weighted by atomic mass is 35.5. The maximum Gasteiger partial charge on any atom is 0.310 e. The van der Waals surface area contributed by atoms with E-state index < -0.39 is 10.8 Å². The van der Waals surface area contributed by atoms with Gasteiger partial charge in [-0.2, -0.15) is 0 Å². The van der Waals surface area contributed by atoms with E-state index in [1.54, 1.807) is 71.3 Å². The molecule has 2 atom stereocenters. The first kappa shape index (κ1) is 26.1. The molecule has 1 saturated heterocycles. The number of carbonyl (C=O) groups excluding carboxylic acids is 3. The Morgan fingerprint density at radius 2 is 1.82 bits per heavy atom. The third kappa shape index (κ3) is 5.11. The van der Waals surface area contributed by atoms with E-state index in [9.17, 15) is 18.6 Å². The molecule has 0 aromatic heterocycles. The Labute approximate surface area is 228 Å². The number of nitrogens with zero attached hydrogens (tertiary/aromatic N) is 2. The fourth-order valence-electron chi connectivity index (χ4n) is 4.92. The van der Waals surface area contributed by atoms with Crippen molar-refractivity contribution in [1.82, 2.24) is 4.90 Å². The van der Waals surface area contributed by atoms with Crippen molar-refractivity contribution in [2.75, 3.05) is 24.6 Å². The van der Waals surface area contributed by atoms with E-state index in [0.717, 1.165) is 5.56 Å². The number of hydrogen-bond donors (Lipinski definition) is 0. The summed E-state index contributed by atoms with van der Waals surface area (Å²) in [7, 11) is -1.62. The number of ether oxygens (including phenoxy) is 1. The molecule has 2 heterocycles. The van der Waals surface area contributed by atoms with Gasteiger partial charge in [0.1, 0.15) is 0 Å². The van der Waals surface area contributed by atoms with Gasteiger partial charge in [0.25, 0.3) is 11.8 Å². The Morgan fingerprint density at radius 1 is 1.05 bits per heavy atom. The van der Waals surface area contributed by atoms with Crippen molar-refractivity contribution in [2.45, 2.75) is 36.1 Å². The lowest BCUT2D eigenvalue weighted by molar-refractivity contribution is -0.149. The van der Waals surface area contributed by atoms with Crippen LogP contribution in [-0.2, 0) is 26.9 Å². The minimum Gasteiger partial charge on any atom is -0.466 e. The highest BCUT2D eigenvalue weighted by molar-refractivity contribution is 7.85. The number of likely N-dealkylation sites (tertiary alicyclic amines) is 1. The Balaban J connectivity index is 1.53. The summed E-state index contributed by atoms with van der Waals surface area (Å²) in [5, 5.41) is 0.582. The summed E-state index contributed by atoms with van der Waals surface area (Å²) >= 11 is 6.06. The van der Waals surface area contributed by atoms with Gasteiger partial charge in [0.05, 0.1) is 50.9 Å². The molecule has 0 aliphatic carbocycles. The molecule has 1 fully saturated rings. The van der Waals surface area contributed by atoms with Gasteiger partial charge in [-0.25, -0.2) is 4.21 Å². The second-order valence-electron chi connectivity index (χ2n) is 9.31. The normalized spacial score (nSPS) is 18.8. The van der Waals surface area contributed by atoms with Crippen LogP contribution in [0.15, 0.2) is 76.5 Å². The van der Waals surface area contributed by atoms with Crippen molar-refractivity contribution >= 4 is 45.9 Å². The predicted molar refractivity (Wildman–Crippen MR) is 145 cm³/mol. The lowest BCUT2D eigenvalue weighted by Gasteiger charge is -2.32. The van der Waals surface area contributed by atoms with Crippen molar-refractivity contribution in [3.05, 3.63) is 88.4 Å². The van der Waals surface area contributed by atoms with Crippen LogP contribution in [0.25, 0.3) is 0 Å². The van der Waals surface area contributed by atoms with Gasteiger partial charge < -0.3 is 14.5 Å². The Bertz CT molecular complexity index is 1420. The summed E-state index contributed by atoms with van der Waals surface area (Å²) in [6.07, 6.45) is 1.37. The molecule has 0 saturated carbocycles. The zero-order chi connectivity index (χ0) is 26.8. The van der Waals surface area contributed by atoms with Crippen LogP contribution in [0.3, 0.4) is 0 Å². The number of hydrogen-bond acceptors (Lipinski definition) is 5. The quantitative estimate of drug-likeness (QED) is 0.414. The van der Waals surface area contributed by atoms with E-state index in [-0.39, 0.29) is 36.8 Å². The number of rotatable bonds is 5. The molecule has 3 aromatic rings. The van der Waals surface area contributed by atoms with Gasteiger partial charge in [-0.05, 0) is 67.8 Å². The van der Waals surface area contributed by atoms with Crippen LogP contribution in [-0.4, -0.2) is 46.6 Å². The molecule has 38 heavy (non-hydrogen) atoms. The van der Waals surface area contributed by atoms with Gasteiger partial charge in [-0.1, -0.05) is 35.9 Å². The summed E-state index contributed by atoms with van der Waals surface area (Å²) < 4.78 is 18.8. The van der Waals surface area contributed by atoms with Crippen molar-refractivity contribution in [3.8, 4) is 0 Å². The van der Waals surface area contributed by atoms with Crippen LogP contribution in [0.2, 0.25) is 5.02 Å². The van der Waals surface area contributed by atoms with E-state index in [1.807, 2.05) is 12.1 Å². The number of esters is 1. The van der Waals surface area contributed by atoms with Gasteiger partial charge in [0.15, 0.2) is 0 Å². The van der Waals surface area contributed by atoms with E-state index >= 15 is 0 Å². The van der Waals surface area contributed by atoms with Gasteiger partial charge in [-0.3, -0.25) is 14.4 Å². The van der Waals surface area contributed by atoms with Gasteiger partial charge in [0, 0.05) is 23.7 Å². The molecule has 7 nitrogen and oxygen atoms in total. The molecule has 2 amide bonds. The first-order valence-corrected chi connectivity index (χ1v) is 14.1. The summed E-state index contributed by atoms with van der Waals surface area (Å²) in [6, 6.07) is 19.0. The molecular formula is C29H27ClN2O5S. The molecule has 2 aliphatic heterocycles. The molecule has 9 heteroatoms. The number of carbonyl (C=O) groups is 3.